The van der Waals surface area contributed by atoms with Crippen LogP contribution in [0.3, 0.4) is 0 Å². The maximum atomic E-state index is 12.8. The van der Waals surface area contributed by atoms with E-state index in [9.17, 15) is 4.79 Å². The monoisotopic (exact) mass is 423 g/mol. The number of piperidine rings is 1. The molecule has 8 nitrogen and oxygen atoms in total. The van der Waals surface area contributed by atoms with Crippen molar-refractivity contribution in [2.75, 3.05) is 24.5 Å². The number of rotatable bonds is 5. The molecule has 3 aromatic heterocycles. The summed E-state index contributed by atoms with van der Waals surface area (Å²) in [6, 6.07) is 5.80. The summed E-state index contributed by atoms with van der Waals surface area (Å²) >= 11 is 6.12. The predicted molar refractivity (Wildman–Crippen MR) is 117 cm³/mol. The quantitative estimate of drug-likeness (QED) is 0.457. The van der Waals surface area contributed by atoms with Crippen molar-refractivity contribution in [3.8, 4) is 0 Å². The number of halogens is 1. The Morgan fingerprint density at radius 2 is 2.20 bits per heavy atom. The van der Waals surface area contributed by atoms with Crippen LogP contribution in [0.4, 0.5) is 5.82 Å². The number of nitrogens with zero attached hydrogens (tertiary/aromatic N) is 4. The van der Waals surface area contributed by atoms with E-state index in [-0.39, 0.29) is 11.8 Å². The Morgan fingerprint density at radius 1 is 1.27 bits per heavy atom. The summed E-state index contributed by atoms with van der Waals surface area (Å²) in [5.41, 5.74) is 3.67. The number of nitrogens with one attached hydrogen (secondary N) is 3. The van der Waals surface area contributed by atoms with E-state index >= 15 is 0 Å². The van der Waals surface area contributed by atoms with Crippen LogP contribution >= 0.6 is 11.6 Å². The van der Waals surface area contributed by atoms with E-state index in [2.05, 4.69) is 35.1 Å². The summed E-state index contributed by atoms with van der Waals surface area (Å²) < 4.78 is 0. The molecule has 0 bridgehead atoms. The molecule has 1 saturated heterocycles. The van der Waals surface area contributed by atoms with Crippen LogP contribution < -0.4 is 10.2 Å². The molecular weight excluding hydrogens is 402 g/mol. The smallest absolute Gasteiger partial charge is 0.224 e. The first-order chi connectivity index (χ1) is 14.7. The zero-order chi connectivity index (χ0) is 20.5. The molecule has 0 spiro atoms. The Hall–Kier alpha value is -3.13. The normalized spacial score (nSPS) is 17.0. The second-order valence-electron chi connectivity index (χ2n) is 7.63. The van der Waals surface area contributed by atoms with E-state index in [1.54, 1.807) is 6.33 Å². The lowest BCUT2D eigenvalue weighted by atomic mass is 9.97. The number of hydrogen-bond donors (Lipinski definition) is 3. The molecule has 1 aliphatic rings. The maximum Gasteiger partial charge on any atom is 0.224 e. The van der Waals surface area contributed by atoms with Gasteiger partial charge in [0, 0.05) is 41.8 Å². The molecule has 1 fully saturated rings. The number of aromatic nitrogens is 5. The Bertz CT molecular complexity index is 1200. The van der Waals surface area contributed by atoms with Crippen molar-refractivity contribution in [3.63, 3.8) is 0 Å². The highest BCUT2D eigenvalue weighted by Crippen LogP contribution is 2.26. The van der Waals surface area contributed by atoms with Crippen LogP contribution in [0.1, 0.15) is 18.4 Å². The van der Waals surface area contributed by atoms with Crippen LogP contribution in [0.5, 0.6) is 0 Å². The van der Waals surface area contributed by atoms with Gasteiger partial charge in [0.05, 0.1) is 12.2 Å². The number of amides is 1. The number of benzene rings is 1. The summed E-state index contributed by atoms with van der Waals surface area (Å²) in [6.07, 6.45) is 7.70. The van der Waals surface area contributed by atoms with Crippen molar-refractivity contribution in [2.24, 2.45) is 5.92 Å². The number of aromatic amines is 2. The first kappa shape index (κ1) is 18.9. The number of imidazole rings is 1. The molecule has 0 aliphatic carbocycles. The fourth-order valence-electron chi connectivity index (χ4n) is 4.20. The molecule has 1 aliphatic heterocycles. The van der Waals surface area contributed by atoms with Gasteiger partial charge in [-0.2, -0.15) is 0 Å². The molecule has 1 aromatic carbocycles. The largest absolute Gasteiger partial charge is 0.361 e. The lowest BCUT2D eigenvalue weighted by Crippen LogP contribution is -2.43. The van der Waals surface area contributed by atoms with Crippen molar-refractivity contribution in [1.29, 1.82) is 0 Å². The SMILES string of the molecule is O=C(NCCc1c[nH]c2ccc(Cl)cc12)C1CCCN(c2ncnc3nc[nH]c23)C1. The van der Waals surface area contributed by atoms with Gasteiger partial charge in [-0.3, -0.25) is 4.79 Å². The van der Waals surface area contributed by atoms with E-state index in [1.807, 2.05) is 24.4 Å². The molecule has 154 valence electrons. The minimum Gasteiger partial charge on any atom is -0.361 e. The first-order valence-corrected chi connectivity index (χ1v) is 10.5. The minimum absolute atomic E-state index is 0.0656. The van der Waals surface area contributed by atoms with E-state index in [0.29, 0.717) is 23.8 Å². The van der Waals surface area contributed by atoms with E-state index in [1.165, 1.54) is 6.33 Å². The Kier molecular flexibility index (Phi) is 5.00. The summed E-state index contributed by atoms with van der Waals surface area (Å²) in [5, 5.41) is 4.93. The summed E-state index contributed by atoms with van der Waals surface area (Å²) in [6.45, 7) is 2.10. The van der Waals surface area contributed by atoms with Gasteiger partial charge in [0.2, 0.25) is 5.91 Å². The van der Waals surface area contributed by atoms with Crippen LogP contribution in [0.25, 0.3) is 22.1 Å². The molecular formula is C21H22ClN7O. The molecule has 0 radical (unpaired) electrons. The van der Waals surface area contributed by atoms with Gasteiger partial charge in [0.25, 0.3) is 0 Å². The molecule has 9 heteroatoms. The van der Waals surface area contributed by atoms with Crippen molar-refractivity contribution >= 4 is 45.4 Å². The molecule has 4 aromatic rings. The van der Waals surface area contributed by atoms with Crippen LogP contribution in [0, 0.1) is 5.92 Å². The van der Waals surface area contributed by atoms with Crippen molar-refractivity contribution in [2.45, 2.75) is 19.3 Å². The fourth-order valence-corrected chi connectivity index (χ4v) is 4.37. The topological polar surface area (TPSA) is 103 Å². The number of anilines is 1. The van der Waals surface area contributed by atoms with Crippen LogP contribution in [0.2, 0.25) is 5.02 Å². The number of carbonyl (C=O) groups is 1. The van der Waals surface area contributed by atoms with Gasteiger partial charge in [-0.15, -0.1) is 0 Å². The average molecular weight is 424 g/mol. The molecule has 0 saturated carbocycles. The maximum absolute atomic E-state index is 12.8. The Morgan fingerprint density at radius 3 is 3.13 bits per heavy atom. The molecule has 1 amide bonds. The predicted octanol–water partition coefficient (Wildman–Crippen LogP) is 3.06. The number of carbonyl (C=O) groups excluding carboxylic acids is 1. The highest BCUT2D eigenvalue weighted by atomic mass is 35.5. The third-order valence-corrected chi connectivity index (χ3v) is 5.95. The van der Waals surface area contributed by atoms with Crippen LogP contribution in [0.15, 0.2) is 37.1 Å². The first-order valence-electron chi connectivity index (χ1n) is 10.1. The standard InChI is InChI=1S/C21H22ClN7O/c22-15-3-4-17-16(8-15)13(9-24-17)5-6-23-21(30)14-2-1-7-29(10-14)20-18-19(26-11-25-18)27-12-28-20/h3-4,8-9,11-12,14,24H,1-2,5-7,10H2,(H,23,30)(H,25,26,27,28). The summed E-state index contributed by atoms with van der Waals surface area (Å²) in [5.74, 6) is 0.835. The van der Waals surface area contributed by atoms with Gasteiger partial charge in [-0.1, -0.05) is 11.6 Å². The van der Waals surface area contributed by atoms with Crippen molar-refractivity contribution < 1.29 is 4.79 Å². The van der Waals surface area contributed by atoms with Gasteiger partial charge in [-0.25, -0.2) is 15.0 Å². The third-order valence-electron chi connectivity index (χ3n) is 5.72. The molecule has 1 unspecified atom stereocenters. The second-order valence-corrected chi connectivity index (χ2v) is 8.06. The van der Waals surface area contributed by atoms with E-state index in [0.717, 1.165) is 53.6 Å². The van der Waals surface area contributed by atoms with Crippen LogP contribution in [-0.4, -0.2) is 50.5 Å². The van der Waals surface area contributed by atoms with Gasteiger partial charge in [-0.05, 0) is 43.0 Å². The number of fused-ring (bicyclic) bond motifs is 2. The van der Waals surface area contributed by atoms with Gasteiger partial charge >= 0.3 is 0 Å². The second kappa shape index (κ2) is 7.95. The third kappa shape index (κ3) is 3.59. The Labute approximate surface area is 178 Å². The molecule has 5 rings (SSSR count). The van der Waals surface area contributed by atoms with Crippen molar-refractivity contribution in [3.05, 3.63) is 47.6 Å². The summed E-state index contributed by atoms with van der Waals surface area (Å²) in [4.78, 5) is 34.1. The molecule has 3 N–H and O–H groups in total. The zero-order valence-electron chi connectivity index (χ0n) is 16.4. The highest BCUT2D eigenvalue weighted by Gasteiger charge is 2.27. The molecule has 1 atom stereocenters. The van der Waals surface area contributed by atoms with E-state index in [4.69, 9.17) is 11.6 Å². The number of H-pyrrole nitrogens is 2. The van der Waals surface area contributed by atoms with Crippen LogP contribution in [-0.2, 0) is 11.2 Å². The summed E-state index contributed by atoms with van der Waals surface area (Å²) in [7, 11) is 0. The zero-order valence-corrected chi connectivity index (χ0v) is 17.1. The molecule has 30 heavy (non-hydrogen) atoms. The van der Waals surface area contributed by atoms with E-state index < -0.39 is 0 Å². The van der Waals surface area contributed by atoms with Gasteiger partial charge in [0.15, 0.2) is 11.5 Å². The van der Waals surface area contributed by atoms with Gasteiger partial charge in [0.1, 0.15) is 11.8 Å². The average Bonchev–Trinajstić information content (AvgIpc) is 3.40. The lowest BCUT2D eigenvalue weighted by Gasteiger charge is -2.32. The highest BCUT2D eigenvalue weighted by molar-refractivity contribution is 6.31. The number of hydrogen-bond acceptors (Lipinski definition) is 5. The molecule has 4 heterocycles. The fraction of sp³-hybridized carbons (Fsp3) is 0.333. The Balaban J connectivity index is 1.22. The van der Waals surface area contributed by atoms with Gasteiger partial charge < -0.3 is 20.2 Å². The lowest BCUT2D eigenvalue weighted by molar-refractivity contribution is -0.125. The minimum atomic E-state index is -0.0656. The van der Waals surface area contributed by atoms with Crippen molar-refractivity contribution in [1.82, 2.24) is 30.2 Å².